The molecule has 1 fully saturated rings. The number of aromatic hydroxyl groups is 1. The van der Waals surface area contributed by atoms with E-state index in [9.17, 15) is 14.3 Å². The van der Waals surface area contributed by atoms with E-state index in [4.69, 9.17) is 4.74 Å². The van der Waals surface area contributed by atoms with Crippen molar-refractivity contribution >= 4 is 22.9 Å². The Balaban J connectivity index is 0.000000147. The molecule has 35 heavy (non-hydrogen) atoms. The molecule has 3 aromatic carbocycles. The number of phenolic OH excluding ortho intramolecular Hbond substituents is 1. The number of likely N-dealkylation sites (N-methyl/N-ethyl adjacent to an activating group) is 1. The molecule has 0 saturated carbocycles. The van der Waals surface area contributed by atoms with E-state index in [-0.39, 0.29) is 11.4 Å². The van der Waals surface area contributed by atoms with E-state index >= 15 is 0 Å². The quantitative estimate of drug-likeness (QED) is 0.311. The lowest BCUT2D eigenvalue weighted by Gasteiger charge is -2.35. The number of carbonyl (C=O) groups is 1. The largest absolute Gasteiger partial charge is 0.506 e. The van der Waals surface area contributed by atoms with Crippen molar-refractivity contribution in [3.8, 4) is 11.5 Å². The summed E-state index contributed by atoms with van der Waals surface area (Å²) in [6.07, 6.45) is 2.65. The summed E-state index contributed by atoms with van der Waals surface area (Å²) in [5.41, 5.74) is 3.51. The van der Waals surface area contributed by atoms with Crippen LogP contribution in [-0.2, 0) is 4.84 Å². The van der Waals surface area contributed by atoms with Crippen LogP contribution in [0.3, 0.4) is 0 Å². The molecule has 0 unspecified atom stereocenters. The number of phenols is 1. The predicted molar refractivity (Wildman–Crippen MR) is 134 cm³/mol. The predicted octanol–water partition coefficient (Wildman–Crippen LogP) is 4.93. The Labute approximate surface area is 203 Å². The van der Waals surface area contributed by atoms with E-state index < -0.39 is 5.82 Å². The highest BCUT2D eigenvalue weighted by Gasteiger charge is 2.24. The van der Waals surface area contributed by atoms with Crippen LogP contribution in [-0.4, -0.2) is 54.6 Å². The molecular formula is C27H28FN3O4. The highest BCUT2D eigenvalue weighted by atomic mass is 19.1. The van der Waals surface area contributed by atoms with Crippen molar-refractivity contribution in [2.24, 2.45) is 0 Å². The van der Waals surface area contributed by atoms with Gasteiger partial charge in [0.25, 0.3) is 0 Å². The number of fused-ring (bicyclic) bond motifs is 1. The van der Waals surface area contributed by atoms with E-state index in [1.54, 1.807) is 18.3 Å². The van der Waals surface area contributed by atoms with Crippen molar-refractivity contribution in [2.45, 2.75) is 6.10 Å². The first-order valence-electron chi connectivity index (χ1n) is 11.0. The molecule has 4 aromatic rings. The fraction of sp³-hybridized carbons (Fsp3) is 0.185. The first kappa shape index (κ1) is 25.6. The highest BCUT2D eigenvalue weighted by molar-refractivity contribution is 5.83. The summed E-state index contributed by atoms with van der Waals surface area (Å²) in [7, 11) is 3.48. The standard InChI is InChI=1S/C10H13NO.C9H7NO.C8H8FNO2/c1-11-7-10(8-11)12-9-5-3-2-4-6-9;11-8-5-1-3-7-4-2-6-10-9(7)8;1-12-10-8-3-2-6(5-11)4-7(8)9/h2-6,10H,7-8H2,1H3;1-6,11H;2-5,10H,1H3. The zero-order valence-electron chi connectivity index (χ0n) is 19.6. The maximum atomic E-state index is 12.9. The maximum absolute atomic E-state index is 12.9. The summed E-state index contributed by atoms with van der Waals surface area (Å²) >= 11 is 0. The number of nitrogens with zero attached hydrogens (tertiary/aromatic N) is 2. The van der Waals surface area contributed by atoms with Gasteiger partial charge in [-0.2, -0.15) is 0 Å². The second kappa shape index (κ2) is 13.0. The Hall–Kier alpha value is -4.01. The average Bonchev–Trinajstić information content (AvgIpc) is 2.86. The summed E-state index contributed by atoms with van der Waals surface area (Å²) in [5.74, 6) is 0.708. The fourth-order valence-corrected chi connectivity index (χ4v) is 3.29. The van der Waals surface area contributed by atoms with Crippen molar-refractivity contribution in [1.29, 1.82) is 0 Å². The number of rotatable bonds is 5. The van der Waals surface area contributed by atoms with Gasteiger partial charge in [0.2, 0.25) is 0 Å². The number of nitrogens with one attached hydrogen (secondary N) is 1. The van der Waals surface area contributed by atoms with Gasteiger partial charge in [-0.15, -0.1) is 0 Å². The lowest BCUT2D eigenvalue weighted by atomic mass is 10.2. The van der Waals surface area contributed by atoms with Gasteiger partial charge in [-0.05, 0) is 49.5 Å². The molecule has 1 aromatic heterocycles. The van der Waals surface area contributed by atoms with Crippen LogP contribution in [0.5, 0.6) is 11.5 Å². The molecule has 1 aliphatic rings. The van der Waals surface area contributed by atoms with Crippen LogP contribution in [0, 0.1) is 5.82 Å². The monoisotopic (exact) mass is 477 g/mol. The number of para-hydroxylation sites is 2. The summed E-state index contributed by atoms with van der Waals surface area (Å²) in [5, 5.41) is 10.3. The van der Waals surface area contributed by atoms with Crippen molar-refractivity contribution < 1.29 is 23.9 Å². The molecule has 1 aliphatic heterocycles. The van der Waals surface area contributed by atoms with Gasteiger partial charge in [0.15, 0.2) is 0 Å². The fourth-order valence-electron chi connectivity index (χ4n) is 3.29. The van der Waals surface area contributed by atoms with E-state index in [1.165, 1.54) is 19.2 Å². The summed E-state index contributed by atoms with van der Waals surface area (Å²) in [6, 6.07) is 23.2. The van der Waals surface area contributed by atoms with Crippen LogP contribution in [0.15, 0.2) is 85.1 Å². The minimum atomic E-state index is -0.513. The van der Waals surface area contributed by atoms with E-state index in [2.05, 4.69) is 27.2 Å². The molecule has 0 spiro atoms. The number of hydrogen-bond donors (Lipinski definition) is 2. The second-order valence-electron chi connectivity index (χ2n) is 7.79. The lowest BCUT2D eigenvalue weighted by molar-refractivity contribution is 0.0388. The first-order chi connectivity index (χ1) is 17.0. The van der Waals surface area contributed by atoms with Gasteiger partial charge >= 0.3 is 0 Å². The maximum Gasteiger partial charge on any atom is 0.150 e. The number of benzene rings is 3. The van der Waals surface area contributed by atoms with Crippen LogP contribution in [0.4, 0.5) is 10.1 Å². The average molecular weight is 478 g/mol. The lowest BCUT2D eigenvalue weighted by Crippen LogP contribution is -2.51. The van der Waals surface area contributed by atoms with Crippen molar-refractivity contribution in [2.75, 3.05) is 32.7 Å². The number of hydrogen-bond acceptors (Lipinski definition) is 7. The van der Waals surface area contributed by atoms with Crippen molar-refractivity contribution in [3.05, 3.63) is 96.4 Å². The van der Waals surface area contributed by atoms with Crippen LogP contribution < -0.4 is 10.2 Å². The molecule has 8 heteroatoms. The van der Waals surface area contributed by atoms with Gasteiger partial charge in [0.05, 0.1) is 12.8 Å². The molecule has 0 amide bonds. The normalized spacial score (nSPS) is 12.9. The third-order valence-electron chi connectivity index (χ3n) is 5.03. The van der Waals surface area contributed by atoms with Gasteiger partial charge in [-0.25, -0.2) is 4.39 Å². The van der Waals surface area contributed by atoms with Crippen molar-refractivity contribution in [3.63, 3.8) is 0 Å². The number of carbonyl (C=O) groups excluding carboxylic acids is 1. The molecule has 182 valence electrons. The van der Waals surface area contributed by atoms with Crippen LogP contribution in [0.2, 0.25) is 0 Å². The number of aldehydes is 1. The van der Waals surface area contributed by atoms with E-state index in [0.717, 1.165) is 30.3 Å². The Morgan fingerprint density at radius 3 is 2.43 bits per heavy atom. The Morgan fingerprint density at radius 2 is 1.80 bits per heavy atom. The van der Waals surface area contributed by atoms with Gasteiger partial charge in [-0.3, -0.25) is 25.0 Å². The van der Waals surface area contributed by atoms with Gasteiger partial charge < -0.3 is 9.84 Å². The Bertz CT molecular complexity index is 1210. The molecule has 0 atom stereocenters. The molecule has 2 heterocycles. The van der Waals surface area contributed by atoms with Gasteiger partial charge in [0, 0.05) is 30.2 Å². The minimum Gasteiger partial charge on any atom is -0.506 e. The van der Waals surface area contributed by atoms with Crippen LogP contribution >= 0.6 is 0 Å². The molecule has 0 bridgehead atoms. The van der Waals surface area contributed by atoms with Crippen molar-refractivity contribution in [1.82, 2.24) is 9.88 Å². The van der Waals surface area contributed by atoms with Gasteiger partial charge in [-0.1, -0.05) is 36.4 Å². The topological polar surface area (TPSA) is 83.9 Å². The number of halogens is 1. The molecule has 1 saturated heterocycles. The van der Waals surface area contributed by atoms with Crippen LogP contribution in [0.25, 0.3) is 10.9 Å². The Kier molecular flexibility index (Phi) is 9.53. The number of likely N-dealkylation sites (tertiary alicyclic amines) is 1. The number of pyridine rings is 1. The molecule has 5 rings (SSSR count). The smallest absolute Gasteiger partial charge is 0.150 e. The summed E-state index contributed by atoms with van der Waals surface area (Å²) < 4.78 is 18.6. The SMILES string of the molecule is CN1CC(Oc2ccccc2)C1.CONc1ccc(C=O)cc1F.Oc1cccc2cccnc12. The number of aromatic nitrogens is 1. The third kappa shape index (κ3) is 7.77. The first-order valence-corrected chi connectivity index (χ1v) is 11.0. The van der Waals surface area contributed by atoms with E-state index in [0.29, 0.717) is 23.5 Å². The summed E-state index contributed by atoms with van der Waals surface area (Å²) in [4.78, 5) is 21.0. The molecule has 0 aliphatic carbocycles. The highest BCUT2D eigenvalue weighted by Crippen LogP contribution is 2.20. The van der Waals surface area contributed by atoms with E-state index in [1.807, 2.05) is 48.5 Å². The zero-order valence-corrected chi connectivity index (χ0v) is 19.6. The van der Waals surface area contributed by atoms with Crippen LogP contribution in [0.1, 0.15) is 10.4 Å². The molecule has 2 N–H and O–H groups in total. The summed E-state index contributed by atoms with van der Waals surface area (Å²) in [6.45, 7) is 2.10. The molecular weight excluding hydrogens is 449 g/mol. The number of anilines is 1. The number of ether oxygens (including phenoxy) is 1. The second-order valence-corrected chi connectivity index (χ2v) is 7.79. The Morgan fingerprint density at radius 1 is 1.06 bits per heavy atom. The molecule has 7 nitrogen and oxygen atoms in total. The van der Waals surface area contributed by atoms with Gasteiger partial charge in [0.1, 0.15) is 35.2 Å². The zero-order chi connectivity index (χ0) is 25.0. The minimum absolute atomic E-state index is 0.211. The third-order valence-corrected chi connectivity index (χ3v) is 5.03. The molecule has 0 radical (unpaired) electrons.